The van der Waals surface area contributed by atoms with Crippen LogP contribution in [0.3, 0.4) is 0 Å². The van der Waals surface area contributed by atoms with Gasteiger partial charge in [0.1, 0.15) is 5.82 Å². The Labute approximate surface area is 187 Å². The van der Waals surface area contributed by atoms with Crippen molar-refractivity contribution in [2.75, 3.05) is 37.3 Å². The van der Waals surface area contributed by atoms with Crippen molar-refractivity contribution in [1.29, 1.82) is 0 Å². The van der Waals surface area contributed by atoms with E-state index in [1.54, 1.807) is 29.3 Å². The summed E-state index contributed by atoms with van der Waals surface area (Å²) < 4.78 is 29.3. The molecule has 3 aromatic rings. The Hall–Kier alpha value is -3.27. The van der Waals surface area contributed by atoms with Gasteiger partial charge in [0.25, 0.3) is 5.91 Å². The van der Waals surface area contributed by atoms with E-state index in [-0.39, 0.29) is 22.3 Å². The first-order chi connectivity index (χ1) is 15.2. The van der Waals surface area contributed by atoms with Crippen molar-refractivity contribution in [2.45, 2.75) is 24.7 Å². The molecule has 2 aromatic heterocycles. The number of rotatable bonds is 5. The van der Waals surface area contributed by atoms with E-state index < -0.39 is 9.84 Å². The summed E-state index contributed by atoms with van der Waals surface area (Å²) in [7, 11) is -3.49. The van der Waals surface area contributed by atoms with Crippen LogP contribution in [0.15, 0.2) is 52.0 Å². The summed E-state index contributed by atoms with van der Waals surface area (Å²) in [6, 6.07) is 10.1. The summed E-state index contributed by atoms with van der Waals surface area (Å²) >= 11 is 0. The fourth-order valence-electron chi connectivity index (χ4n) is 3.57. The zero-order valence-corrected chi connectivity index (χ0v) is 19.0. The topological polar surface area (TPSA) is 110 Å². The number of sulfone groups is 1. The number of pyridine rings is 1. The lowest BCUT2D eigenvalue weighted by atomic mass is 10.1. The number of carbonyl (C=O) groups excluding carboxylic acids is 1. The number of carbonyl (C=O) groups is 1. The third kappa shape index (κ3) is 4.50. The van der Waals surface area contributed by atoms with Gasteiger partial charge >= 0.3 is 0 Å². The number of anilines is 1. The van der Waals surface area contributed by atoms with E-state index in [1.165, 1.54) is 6.07 Å². The molecule has 1 aliphatic heterocycles. The zero-order valence-electron chi connectivity index (χ0n) is 18.2. The van der Waals surface area contributed by atoms with Crippen LogP contribution in [0.2, 0.25) is 0 Å². The molecule has 0 saturated carbocycles. The van der Waals surface area contributed by atoms with Crippen molar-refractivity contribution in [2.24, 2.45) is 0 Å². The maximum atomic E-state index is 13.0. The second kappa shape index (κ2) is 8.70. The fraction of sp³-hybridized carbons (Fsp3) is 0.364. The maximum absolute atomic E-state index is 13.0. The molecule has 9 nitrogen and oxygen atoms in total. The number of hydrogen-bond donors (Lipinski definition) is 0. The third-order valence-electron chi connectivity index (χ3n) is 5.35. The molecule has 168 valence electrons. The molecule has 0 spiro atoms. The van der Waals surface area contributed by atoms with Gasteiger partial charge in [-0.15, -0.1) is 0 Å². The standard InChI is InChI=1S/C22H25N5O4S/c1-15(2)21-24-20(25-31-21)16-8-9-19(23-14-16)26-10-12-27(13-11-26)22(28)17-6-4-5-7-18(17)32(3,29)30/h4-9,14-15H,10-13H2,1-3H3. The smallest absolute Gasteiger partial charge is 0.255 e. The number of amides is 1. The highest BCUT2D eigenvalue weighted by Crippen LogP contribution is 2.23. The second-order valence-electron chi connectivity index (χ2n) is 8.06. The average Bonchev–Trinajstić information content (AvgIpc) is 3.29. The van der Waals surface area contributed by atoms with Crippen molar-refractivity contribution < 1.29 is 17.7 Å². The first kappa shape index (κ1) is 21.9. The van der Waals surface area contributed by atoms with E-state index in [2.05, 4.69) is 20.0 Å². The molecular weight excluding hydrogens is 430 g/mol. The summed E-state index contributed by atoms with van der Waals surface area (Å²) in [4.78, 5) is 25.7. The molecule has 1 fully saturated rings. The number of benzene rings is 1. The van der Waals surface area contributed by atoms with Crippen LogP contribution in [-0.4, -0.2) is 66.8 Å². The number of aromatic nitrogens is 3. The van der Waals surface area contributed by atoms with Gasteiger partial charge in [0.2, 0.25) is 11.7 Å². The molecule has 0 unspecified atom stereocenters. The van der Waals surface area contributed by atoms with Gasteiger partial charge in [-0.2, -0.15) is 4.98 Å². The van der Waals surface area contributed by atoms with Crippen molar-refractivity contribution in [3.63, 3.8) is 0 Å². The molecule has 32 heavy (non-hydrogen) atoms. The van der Waals surface area contributed by atoms with E-state index in [1.807, 2.05) is 26.0 Å². The summed E-state index contributed by atoms with van der Waals surface area (Å²) in [5.74, 6) is 1.78. The summed E-state index contributed by atoms with van der Waals surface area (Å²) in [5, 5.41) is 4.01. The Kier molecular flexibility index (Phi) is 5.96. The van der Waals surface area contributed by atoms with Gasteiger partial charge in [0, 0.05) is 50.1 Å². The monoisotopic (exact) mass is 455 g/mol. The molecule has 1 aromatic carbocycles. The van der Waals surface area contributed by atoms with Crippen LogP contribution in [0.1, 0.15) is 36.0 Å². The normalized spacial score (nSPS) is 14.8. The summed E-state index contributed by atoms with van der Waals surface area (Å²) in [5.41, 5.74) is 0.988. The average molecular weight is 456 g/mol. The van der Waals surface area contributed by atoms with Crippen molar-refractivity contribution in [3.8, 4) is 11.4 Å². The van der Waals surface area contributed by atoms with Gasteiger partial charge in [0.05, 0.1) is 10.5 Å². The lowest BCUT2D eigenvalue weighted by Gasteiger charge is -2.35. The van der Waals surface area contributed by atoms with E-state index in [4.69, 9.17) is 4.52 Å². The fourth-order valence-corrected chi connectivity index (χ4v) is 4.45. The second-order valence-corrected chi connectivity index (χ2v) is 10.0. The highest BCUT2D eigenvalue weighted by atomic mass is 32.2. The molecule has 0 radical (unpaired) electrons. The molecule has 10 heteroatoms. The Morgan fingerprint density at radius 1 is 1.06 bits per heavy atom. The molecule has 1 amide bonds. The highest BCUT2D eigenvalue weighted by Gasteiger charge is 2.26. The first-order valence-corrected chi connectivity index (χ1v) is 12.3. The number of nitrogens with zero attached hydrogens (tertiary/aromatic N) is 5. The van der Waals surface area contributed by atoms with Gasteiger partial charge in [-0.25, -0.2) is 13.4 Å². The van der Waals surface area contributed by atoms with Crippen LogP contribution < -0.4 is 4.90 Å². The molecule has 1 saturated heterocycles. The first-order valence-electron chi connectivity index (χ1n) is 10.4. The lowest BCUT2D eigenvalue weighted by molar-refractivity contribution is 0.0742. The van der Waals surface area contributed by atoms with Crippen LogP contribution in [0, 0.1) is 0 Å². The van der Waals surface area contributed by atoms with Gasteiger partial charge in [-0.3, -0.25) is 4.79 Å². The van der Waals surface area contributed by atoms with E-state index in [9.17, 15) is 13.2 Å². The molecule has 0 aliphatic carbocycles. The third-order valence-corrected chi connectivity index (χ3v) is 6.50. The van der Waals surface area contributed by atoms with Gasteiger partial charge < -0.3 is 14.3 Å². The van der Waals surface area contributed by atoms with Crippen molar-refractivity contribution in [1.82, 2.24) is 20.0 Å². The van der Waals surface area contributed by atoms with Crippen LogP contribution in [0.5, 0.6) is 0 Å². The van der Waals surface area contributed by atoms with Gasteiger partial charge in [0.15, 0.2) is 9.84 Å². The van der Waals surface area contributed by atoms with Crippen LogP contribution >= 0.6 is 0 Å². The van der Waals surface area contributed by atoms with Crippen LogP contribution in [0.25, 0.3) is 11.4 Å². The molecular formula is C22H25N5O4S. The summed E-state index contributed by atoms with van der Waals surface area (Å²) in [6.07, 6.45) is 2.83. The molecule has 4 rings (SSSR count). The quantitative estimate of drug-likeness (QED) is 0.577. The molecule has 1 aliphatic rings. The Bertz CT molecular complexity index is 1210. The van der Waals surface area contributed by atoms with Gasteiger partial charge in [-0.05, 0) is 24.3 Å². The van der Waals surface area contributed by atoms with E-state index in [0.717, 1.165) is 17.6 Å². The Morgan fingerprint density at radius 3 is 2.38 bits per heavy atom. The minimum Gasteiger partial charge on any atom is -0.353 e. The van der Waals surface area contributed by atoms with Crippen molar-refractivity contribution >= 4 is 21.6 Å². The molecule has 0 atom stereocenters. The Morgan fingerprint density at radius 2 is 1.78 bits per heavy atom. The predicted molar refractivity (Wildman–Crippen MR) is 119 cm³/mol. The number of hydrogen-bond acceptors (Lipinski definition) is 8. The van der Waals surface area contributed by atoms with Crippen LogP contribution in [-0.2, 0) is 9.84 Å². The lowest BCUT2D eigenvalue weighted by Crippen LogP contribution is -2.49. The minimum absolute atomic E-state index is 0.0618. The largest absolute Gasteiger partial charge is 0.353 e. The maximum Gasteiger partial charge on any atom is 0.255 e. The molecule has 0 bridgehead atoms. The predicted octanol–water partition coefficient (Wildman–Crippen LogP) is 2.62. The van der Waals surface area contributed by atoms with E-state index >= 15 is 0 Å². The summed E-state index contributed by atoms with van der Waals surface area (Å²) in [6.45, 7) is 6.12. The number of piperazine rings is 1. The van der Waals surface area contributed by atoms with Gasteiger partial charge in [-0.1, -0.05) is 31.1 Å². The molecule has 3 heterocycles. The van der Waals surface area contributed by atoms with Crippen molar-refractivity contribution in [3.05, 3.63) is 54.0 Å². The van der Waals surface area contributed by atoms with E-state index in [0.29, 0.717) is 37.9 Å². The zero-order chi connectivity index (χ0) is 22.9. The molecule has 0 N–H and O–H groups in total. The Balaban J connectivity index is 1.42. The SMILES string of the molecule is CC(C)c1nc(-c2ccc(N3CCN(C(=O)c4ccccc4S(C)(=O)=O)CC3)nc2)no1. The van der Waals surface area contributed by atoms with Crippen LogP contribution in [0.4, 0.5) is 5.82 Å². The minimum atomic E-state index is -3.49. The highest BCUT2D eigenvalue weighted by molar-refractivity contribution is 7.90.